The van der Waals surface area contributed by atoms with E-state index in [1.165, 1.54) is 0 Å². The predicted molar refractivity (Wildman–Crippen MR) is 114 cm³/mol. The van der Waals surface area contributed by atoms with Gasteiger partial charge in [-0.05, 0) is 36.4 Å². The average Bonchev–Trinajstić information content (AvgIpc) is 3.18. The second-order valence-corrected chi connectivity index (χ2v) is 7.66. The van der Waals surface area contributed by atoms with Crippen molar-refractivity contribution in [2.75, 3.05) is 16.0 Å². The molecule has 5 N–H and O–H groups in total. The van der Waals surface area contributed by atoms with E-state index in [0.29, 0.717) is 28.6 Å². The van der Waals surface area contributed by atoms with Crippen molar-refractivity contribution in [3.8, 4) is 0 Å². The summed E-state index contributed by atoms with van der Waals surface area (Å²) in [6.45, 7) is 6.23. The van der Waals surface area contributed by atoms with E-state index >= 15 is 0 Å². The number of nitrogens with one attached hydrogen (secondary N) is 3. The molecule has 2 heterocycles. The second kappa shape index (κ2) is 8.75. The van der Waals surface area contributed by atoms with Gasteiger partial charge in [0.1, 0.15) is 11.5 Å². The lowest BCUT2D eigenvalue weighted by molar-refractivity contribution is 0.102. The summed E-state index contributed by atoms with van der Waals surface area (Å²) in [5, 5.41) is 11.9. The molecule has 30 heavy (non-hydrogen) atoms. The molecule has 3 aromatic rings. The third kappa shape index (κ3) is 5.42. The van der Waals surface area contributed by atoms with E-state index in [1.807, 2.05) is 20.8 Å². The van der Waals surface area contributed by atoms with E-state index in [-0.39, 0.29) is 23.6 Å². The Morgan fingerprint density at radius 2 is 1.67 bits per heavy atom. The number of nitrogens with zero attached hydrogens (tertiary/aromatic N) is 2. The Balaban J connectivity index is 1.56. The first kappa shape index (κ1) is 21.0. The fraction of sp³-hybridized carbons (Fsp3) is 0.238. The maximum Gasteiger partial charge on any atom is 0.324 e. The van der Waals surface area contributed by atoms with Crippen LogP contribution in [-0.2, 0) is 12.0 Å². The monoisotopic (exact) mass is 408 g/mol. The van der Waals surface area contributed by atoms with Crippen molar-refractivity contribution in [2.24, 2.45) is 5.73 Å². The number of hydrogen-bond acceptors (Lipinski definition) is 6. The Morgan fingerprint density at radius 1 is 1.00 bits per heavy atom. The molecule has 0 unspecified atom stereocenters. The Hall–Kier alpha value is -3.72. The topological polar surface area (TPSA) is 135 Å². The summed E-state index contributed by atoms with van der Waals surface area (Å²) in [6, 6.07) is 13.0. The molecule has 0 spiro atoms. The summed E-state index contributed by atoms with van der Waals surface area (Å²) in [4.78, 5) is 28.7. The number of hydrogen-bond donors (Lipinski definition) is 4. The third-order valence-electron chi connectivity index (χ3n) is 4.14. The first-order chi connectivity index (χ1) is 14.2. The van der Waals surface area contributed by atoms with Gasteiger partial charge in [0, 0.05) is 29.4 Å². The van der Waals surface area contributed by atoms with Crippen LogP contribution in [-0.4, -0.2) is 22.1 Å². The summed E-state index contributed by atoms with van der Waals surface area (Å²) in [5.41, 5.74) is 7.38. The Labute approximate surface area is 174 Å². The van der Waals surface area contributed by atoms with Gasteiger partial charge in [0.15, 0.2) is 5.82 Å². The lowest BCUT2D eigenvalue weighted by Crippen LogP contribution is -2.19. The van der Waals surface area contributed by atoms with Gasteiger partial charge in [0.05, 0.1) is 5.69 Å². The summed E-state index contributed by atoms with van der Waals surface area (Å²) >= 11 is 0. The zero-order valence-corrected chi connectivity index (χ0v) is 17.0. The van der Waals surface area contributed by atoms with Gasteiger partial charge < -0.3 is 20.9 Å². The minimum atomic E-state index is -0.455. The number of aromatic nitrogens is 2. The summed E-state index contributed by atoms with van der Waals surface area (Å²) in [7, 11) is 0. The molecule has 0 atom stereocenters. The normalized spacial score (nSPS) is 11.1. The van der Waals surface area contributed by atoms with E-state index in [9.17, 15) is 9.59 Å². The van der Waals surface area contributed by atoms with E-state index < -0.39 is 6.03 Å². The molecule has 2 aromatic heterocycles. The van der Waals surface area contributed by atoms with Crippen LogP contribution in [0.1, 0.15) is 42.7 Å². The molecule has 156 valence electrons. The van der Waals surface area contributed by atoms with Gasteiger partial charge in [0.25, 0.3) is 5.91 Å². The first-order valence-electron chi connectivity index (χ1n) is 9.37. The molecule has 0 radical (unpaired) electrons. The van der Waals surface area contributed by atoms with Gasteiger partial charge in [-0.2, -0.15) is 0 Å². The van der Waals surface area contributed by atoms with Gasteiger partial charge in [-0.15, -0.1) is 0 Å². The fourth-order valence-corrected chi connectivity index (χ4v) is 2.52. The zero-order chi connectivity index (χ0) is 21.7. The summed E-state index contributed by atoms with van der Waals surface area (Å²) in [5.74, 6) is 0.655. The summed E-state index contributed by atoms with van der Waals surface area (Å²) < 4.78 is 5.24. The maximum absolute atomic E-state index is 12.3. The van der Waals surface area contributed by atoms with Crippen LogP contribution in [0.3, 0.4) is 0 Å². The number of carbonyl (C=O) groups excluding carboxylic acids is 2. The molecule has 0 fully saturated rings. The van der Waals surface area contributed by atoms with Crippen LogP contribution in [0.2, 0.25) is 0 Å². The molecule has 0 saturated heterocycles. The molecule has 0 saturated carbocycles. The van der Waals surface area contributed by atoms with E-state index in [4.69, 9.17) is 10.3 Å². The molecule has 0 aliphatic heterocycles. The van der Waals surface area contributed by atoms with Crippen LogP contribution < -0.4 is 21.7 Å². The molecule has 0 aliphatic rings. The van der Waals surface area contributed by atoms with Crippen molar-refractivity contribution < 1.29 is 14.1 Å². The molecular weight excluding hydrogens is 384 g/mol. The highest BCUT2D eigenvalue weighted by atomic mass is 16.5. The first-order valence-corrected chi connectivity index (χ1v) is 9.37. The van der Waals surface area contributed by atoms with Crippen LogP contribution in [0.15, 0.2) is 53.1 Å². The lowest BCUT2D eigenvalue weighted by Gasteiger charge is -2.12. The van der Waals surface area contributed by atoms with Crippen LogP contribution in [0.5, 0.6) is 0 Å². The number of carbonyl (C=O) groups is 2. The number of benzene rings is 1. The van der Waals surface area contributed by atoms with Crippen molar-refractivity contribution in [1.82, 2.24) is 10.1 Å². The van der Waals surface area contributed by atoms with Gasteiger partial charge in [-0.25, -0.2) is 9.78 Å². The Bertz CT molecular complexity index is 1040. The van der Waals surface area contributed by atoms with E-state index in [0.717, 1.165) is 0 Å². The molecule has 9 heteroatoms. The van der Waals surface area contributed by atoms with Crippen LogP contribution >= 0.6 is 0 Å². The van der Waals surface area contributed by atoms with Crippen LogP contribution in [0.4, 0.5) is 22.0 Å². The molecular formula is C21H24N6O3. The highest BCUT2D eigenvalue weighted by Crippen LogP contribution is 2.24. The van der Waals surface area contributed by atoms with Crippen molar-refractivity contribution >= 4 is 29.1 Å². The highest BCUT2D eigenvalue weighted by Gasteiger charge is 2.20. The Morgan fingerprint density at radius 3 is 2.27 bits per heavy atom. The summed E-state index contributed by atoms with van der Waals surface area (Å²) in [6.07, 6.45) is 0. The third-order valence-corrected chi connectivity index (χ3v) is 4.14. The minimum Gasteiger partial charge on any atom is -0.359 e. The standard InChI is InChI=1S/C21H24N6O3/c1-21(2,3)17-11-18(27-30-17)26-20(29)25-14-9-7-13(8-10-14)24-19(28)16-6-4-5-15(12-22)23-16/h4-11H,12,22H2,1-3H3,(H,24,28)(H2,25,26,27,29). The van der Waals surface area contributed by atoms with Crippen molar-refractivity contribution in [2.45, 2.75) is 32.7 Å². The fourth-order valence-electron chi connectivity index (χ4n) is 2.52. The Kier molecular flexibility index (Phi) is 6.12. The van der Waals surface area contributed by atoms with Crippen LogP contribution in [0, 0.1) is 0 Å². The largest absolute Gasteiger partial charge is 0.359 e. The molecule has 0 bridgehead atoms. The van der Waals surface area contributed by atoms with Gasteiger partial charge in [-0.3, -0.25) is 10.1 Å². The van der Waals surface area contributed by atoms with E-state index in [1.54, 1.807) is 48.5 Å². The van der Waals surface area contributed by atoms with Gasteiger partial charge >= 0.3 is 6.03 Å². The molecule has 3 rings (SSSR count). The number of anilines is 3. The second-order valence-electron chi connectivity index (χ2n) is 7.66. The number of urea groups is 1. The number of rotatable bonds is 5. The number of pyridine rings is 1. The highest BCUT2D eigenvalue weighted by molar-refractivity contribution is 6.03. The quantitative estimate of drug-likeness (QED) is 0.508. The van der Waals surface area contributed by atoms with E-state index in [2.05, 4.69) is 26.1 Å². The molecule has 0 aliphatic carbocycles. The van der Waals surface area contributed by atoms with Crippen molar-refractivity contribution in [3.05, 3.63) is 65.7 Å². The lowest BCUT2D eigenvalue weighted by atomic mass is 9.93. The average molecular weight is 408 g/mol. The van der Waals surface area contributed by atoms with Gasteiger partial charge in [-0.1, -0.05) is 32.0 Å². The van der Waals surface area contributed by atoms with Crippen LogP contribution in [0.25, 0.3) is 0 Å². The predicted octanol–water partition coefficient (Wildman–Crippen LogP) is 3.72. The molecule has 3 amide bonds. The molecule has 9 nitrogen and oxygen atoms in total. The minimum absolute atomic E-state index is 0.204. The number of amides is 3. The number of nitrogens with two attached hydrogens (primary N) is 1. The van der Waals surface area contributed by atoms with Crippen molar-refractivity contribution in [1.29, 1.82) is 0 Å². The maximum atomic E-state index is 12.3. The molecule has 1 aromatic carbocycles. The zero-order valence-electron chi connectivity index (χ0n) is 17.0. The SMILES string of the molecule is CC(C)(C)c1cc(NC(=O)Nc2ccc(NC(=O)c3cccc(CN)n3)cc2)no1. The smallest absolute Gasteiger partial charge is 0.324 e. The van der Waals surface area contributed by atoms with Crippen molar-refractivity contribution in [3.63, 3.8) is 0 Å². The van der Waals surface area contributed by atoms with Gasteiger partial charge in [0.2, 0.25) is 0 Å².